The number of benzene rings is 1. The first kappa shape index (κ1) is 12.5. The summed E-state index contributed by atoms with van der Waals surface area (Å²) in [6.07, 6.45) is 0. The van der Waals surface area contributed by atoms with E-state index in [4.69, 9.17) is 11.6 Å². The van der Waals surface area contributed by atoms with Crippen LogP contribution < -0.4 is 10.6 Å². The number of hydrogen-bond acceptors (Lipinski definition) is 2. The fourth-order valence-corrected chi connectivity index (χ4v) is 1.25. The van der Waals surface area contributed by atoms with Crippen LogP contribution in [0, 0.1) is 0 Å². The summed E-state index contributed by atoms with van der Waals surface area (Å²) in [5.41, 5.74) is 1.59. The lowest BCUT2D eigenvalue weighted by Crippen LogP contribution is -2.19. The number of hydrogen-bond donors (Lipinski definition) is 2. The molecule has 0 bridgehead atoms. The van der Waals surface area contributed by atoms with E-state index < -0.39 is 0 Å². The molecule has 0 aliphatic heterocycles. The van der Waals surface area contributed by atoms with Gasteiger partial charge < -0.3 is 10.6 Å². The van der Waals surface area contributed by atoms with Crippen LogP contribution in [0.2, 0.25) is 0 Å². The van der Waals surface area contributed by atoms with Crippen molar-refractivity contribution in [2.45, 2.75) is 13.5 Å². The van der Waals surface area contributed by atoms with Crippen molar-refractivity contribution >= 4 is 29.1 Å². The average molecular weight is 241 g/mol. The van der Waals surface area contributed by atoms with Gasteiger partial charge >= 0.3 is 0 Å². The molecule has 0 spiro atoms. The minimum Gasteiger partial charge on any atom is -0.352 e. The zero-order valence-corrected chi connectivity index (χ0v) is 9.67. The summed E-state index contributed by atoms with van der Waals surface area (Å²) >= 11 is 5.38. The van der Waals surface area contributed by atoms with Gasteiger partial charge in [0.05, 0.1) is 0 Å². The Morgan fingerprint density at radius 1 is 1.38 bits per heavy atom. The third-order valence-corrected chi connectivity index (χ3v) is 2.12. The summed E-state index contributed by atoms with van der Waals surface area (Å²) in [6, 6.07) is 7.23. The smallest absolute Gasteiger partial charge is 0.239 e. The largest absolute Gasteiger partial charge is 0.352 e. The Morgan fingerprint density at radius 2 is 2.12 bits per heavy atom. The van der Waals surface area contributed by atoms with Crippen molar-refractivity contribution in [1.29, 1.82) is 0 Å². The lowest BCUT2D eigenvalue weighted by Gasteiger charge is -2.06. The summed E-state index contributed by atoms with van der Waals surface area (Å²) in [7, 11) is 0. The molecule has 0 heterocycles. The maximum atomic E-state index is 11.0. The van der Waals surface area contributed by atoms with Crippen molar-refractivity contribution in [3.8, 4) is 0 Å². The molecule has 0 aliphatic carbocycles. The van der Waals surface area contributed by atoms with Crippen molar-refractivity contribution in [2.24, 2.45) is 0 Å². The zero-order valence-electron chi connectivity index (χ0n) is 8.92. The third-order valence-electron chi connectivity index (χ3n) is 1.87. The summed E-state index contributed by atoms with van der Waals surface area (Å²) in [4.78, 5) is 21.8. The number of nitrogens with one attached hydrogen (secondary N) is 2. The highest BCUT2D eigenvalue weighted by Gasteiger charge is 2.01. The van der Waals surface area contributed by atoms with E-state index >= 15 is 0 Å². The van der Waals surface area contributed by atoms with Gasteiger partial charge in [-0.3, -0.25) is 9.59 Å². The van der Waals surface area contributed by atoms with E-state index in [0.717, 1.165) is 5.56 Å². The Bertz CT molecular complexity index is 393. The molecule has 0 aliphatic rings. The lowest BCUT2D eigenvalue weighted by molar-refractivity contribution is -0.119. The molecule has 4 nitrogen and oxygen atoms in total. The number of carbonyl (C=O) groups is 2. The molecule has 16 heavy (non-hydrogen) atoms. The van der Waals surface area contributed by atoms with Gasteiger partial charge in [-0.1, -0.05) is 12.1 Å². The molecule has 0 fully saturated rings. The molecule has 0 unspecified atom stereocenters. The van der Waals surface area contributed by atoms with Gasteiger partial charge in [0.1, 0.15) is 5.88 Å². The van der Waals surface area contributed by atoms with Gasteiger partial charge in [-0.05, 0) is 17.7 Å². The molecule has 0 saturated carbocycles. The van der Waals surface area contributed by atoms with E-state index in [-0.39, 0.29) is 17.7 Å². The van der Waals surface area contributed by atoms with Gasteiger partial charge in [0, 0.05) is 19.2 Å². The second-order valence-corrected chi connectivity index (χ2v) is 3.56. The Balaban J connectivity index is 2.63. The quantitative estimate of drug-likeness (QED) is 0.784. The first-order valence-electron chi connectivity index (χ1n) is 4.81. The van der Waals surface area contributed by atoms with Crippen molar-refractivity contribution in [3.63, 3.8) is 0 Å². The normalized spacial score (nSPS) is 9.62. The van der Waals surface area contributed by atoms with E-state index in [1.54, 1.807) is 18.2 Å². The molecule has 0 aromatic heterocycles. The van der Waals surface area contributed by atoms with Crippen molar-refractivity contribution in [3.05, 3.63) is 29.8 Å². The topological polar surface area (TPSA) is 58.2 Å². The van der Waals surface area contributed by atoms with E-state index in [9.17, 15) is 9.59 Å². The van der Waals surface area contributed by atoms with Crippen LogP contribution in [0.5, 0.6) is 0 Å². The minimum atomic E-state index is -0.252. The van der Waals surface area contributed by atoms with Gasteiger partial charge in [0.15, 0.2) is 0 Å². The van der Waals surface area contributed by atoms with Gasteiger partial charge in [0.2, 0.25) is 11.8 Å². The molecule has 0 radical (unpaired) electrons. The molecule has 2 amide bonds. The van der Waals surface area contributed by atoms with Crippen LogP contribution in [0.3, 0.4) is 0 Å². The molecule has 1 aromatic carbocycles. The van der Waals surface area contributed by atoms with Crippen molar-refractivity contribution in [2.75, 3.05) is 11.2 Å². The summed E-state index contributed by atoms with van der Waals surface area (Å²) in [5, 5.41) is 5.31. The maximum absolute atomic E-state index is 11.0. The van der Waals surface area contributed by atoms with Crippen LogP contribution >= 0.6 is 11.6 Å². The SMILES string of the molecule is CC(=O)NCc1cccc(NC(=O)CCl)c1. The monoisotopic (exact) mass is 240 g/mol. The maximum Gasteiger partial charge on any atom is 0.239 e. The average Bonchev–Trinajstić information content (AvgIpc) is 2.26. The number of anilines is 1. The van der Waals surface area contributed by atoms with Crippen LogP contribution in [0.25, 0.3) is 0 Å². The lowest BCUT2D eigenvalue weighted by atomic mass is 10.2. The standard InChI is InChI=1S/C11H13ClN2O2/c1-8(15)13-7-9-3-2-4-10(5-9)14-11(16)6-12/h2-5H,6-7H2,1H3,(H,13,15)(H,14,16). The van der Waals surface area contributed by atoms with E-state index in [1.807, 2.05) is 6.07 Å². The number of halogens is 1. The van der Waals surface area contributed by atoms with Gasteiger partial charge in [-0.25, -0.2) is 0 Å². The zero-order chi connectivity index (χ0) is 12.0. The predicted molar refractivity (Wildman–Crippen MR) is 63.3 cm³/mol. The fourth-order valence-electron chi connectivity index (χ4n) is 1.18. The molecule has 0 saturated heterocycles. The highest BCUT2D eigenvalue weighted by Crippen LogP contribution is 2.10. The van der Waals surface area contributed by atoms with E-state index in [0.29, 0.717) is 12.2 Å². The second kappa shape index (κ2) is 6.12. The van der Waals surface area contributed by atoms with Gasteiger partial charge in [-0.2, -0.15) is 0 Å². The first-order valence-corrected chi connectivity index (χ1v) is 5.34. The minimum absolute atomic E-state index is 0.0735. The summed E-state index contributed by atoms with van der Waals surface area (Å²) in [6.45, 7) is 1.90. The molecule has 86 valence electrons. The number of carbonyl (C=O) groups excluding carboxylic acids is 2. The first-order chi connectivity index (χ1) is 7.61. The number of alkyl halides is 1. The highest BCUT2D eigenvalue weighted by molar-refractivity contribution is 6.29. The van der Waals surface area contributed by atoms with Crippen LogP contribution in [0.4, 0.5) is 5.69 Å². The van der Waals surface area contributed by atoms with E-state index in [1.165, 1.54) is 6.92 Å². The van der Waals surface area contributed by atoms with Crippen LogP contribution in [-0.4, -0.2) is 17.7 Å². The molecular formula is C11H13ClN2O2. The molecule has 0 atom stereocenters. The fraction of sp³-hybridized carbons (Fsp3) is 0.273. The summed E-state index contributed by atoms with van der Waals surface area (Å²) in [5.74, 6) is -0.413. The predicted octanol–water partition coefficient (Wildman–Crippen LogP) is 1.50. The van der Waals surface area contributed by atoms with E-state index in [2.05, 4.69) is 10.6 Å². The molecular weight excluding hydrogens is 228 g/mol. The van der Waals surface area contributed by atoms with Crippen LogP contribution in [-0.2, 0) is 16.1 Å². The molecule has 1 rings (SSSR count). The van der Waals surface area contributed by atoms with Crippen molar-refractivity contribution in [1.82, 2.24) is 5.32 Å². The Morgan fingerprint density at radius 3 is 2.75 bits per heavy atom. The van der Waals surface area contributed by atoms with Crippen LogP contribution in [0.1, 0.15) is 12.5 Å². The highest BCUT2D eigenvalue weighted by atomic mass is 35.5. The Labute approximate surface area is 99.0 Å². The molecule has 1 aromatic rings. The van der Waals surface area contributed by atoms with Gasteiger partial charge in [0.25, 0.3) is 0 Å². The number of rotatable bonds is 4. The summed E-state index contributed by atoms with van der Waals surface area (Å²) < 4.78 is 0. The molecule has 2 N–H and O–H groups in total. The Hall–Kier alpha value is -1.55. The third kappa shape index (κ3) is 4.31. The second-order valence-electron chi connectivity index (χ2n) is 3.29. The van der Waals surface area contributed by atoms with Crippen LogP contribution in [0.15, 0.2) is 24.3 Å². The Kier molecular flexibility index (Phi) is 4.79. The molecule has 5 heteroatoms. The number of amides is 2. The van der Waals surface area contributed by atoms with Gasteiger partial charge in [-0.15, -0.1) is 11.6 Å². The van der Waals surface area contributed by atoms with Crippen molar-refractivity contribution < 1.29 is 9.59 Å².